The average molecular weight is 314 g/mol. The van der Waals surface area contributed by atoms with Gasteiger partial charge in [-0.1, -0.05) is 24.3 Å². The van der Waals surface area contributed by atoms with Gasteiger partial charge in [-0.3, -0.25) is 4.90 Å². The smallest absolute Gasteiger partial charge is 0.123 e. The minimum Gasteiger partial charge on any atom is -0.494 e. The third-order valence-corrected chi connectivity index (χ3v) is 4.19. The fourth-order valence-electron chi connectivity index (χ4n) is 3.14. The Morgan fingerprint density at radius 2 is 1.83 bits per heavy atom. The largest absolute Gasteiger partial charge is 0.494 e. The number of hydrogen-bond acceptors (Lipinski definition) is 3. The number of piperazine rings is 1. The lowest BCUT2D eigenvalue weighted by atomic mass is 9.96. The number of halogens is 1. The van der Waals surface area contributed by atoms with Crippen LogP contribution in [0.1, 0.15) is 24.1 Å². The molecule has 1 unspecified atom stereocenters. The van der Waals surface area contributed by atoms with E-state index in [0.29, 0.717) is 6.61 Å². The van der Waals surface area contributed by atoms with E-state index in [1.165, 1.54) is 17.7 Å². The molecule has 1 atom stereocenters. The van der Waals surface area contributed by atoms with Crippen molar-refractivity contribution in [3.05, 3.63) is 65.5 Å². The topological polar surface area (TPSA) is 24.5 Å². The van der Waals surface area contributed by atoms with Gasteiger partial charge in [0.1, 0.15) is 11.6 Å². The summed E-state index contributed by atoms with van der Waals surface area (Å²) in [6.07, 6.45) is 0. The molecule has 3 rings (SSSR count). The van der Waals surface area contributed by atoms with Crippen molar-refractivity contribution < 1.29 is 9.13 Å². The minimum absolute atomic E-state index is 0.123. The number of nitrogens with zero attached hydrogens (tertiary/aromatic N) is 1. The standard InChI is InChI=1S/C19H23FN2O/c1-2-23-18-5-3-4-16(14-18)19(22-12-10-21-11-13-22)15-6-8-17(20)9-7-15/h3-9,14,19,21H,2,10-13H2,1H3. The van der Waals surface area contributed by atoms with Crippen LogP contribution < -0.4 is 10.1 Å². The van der Waals surface area contributed by atoms with Crippen LogP contribution in [-0.4, -0.2) is 37.7 Å². The van der Waals surface area contributed by atoms with Crippen molar-refractivity contribution in [2.75, 3.05) is 32.8 Å². The normalized spacial score (nSPS) is 17.0. The van der Waals surface area contributed by atoms with Gasteiger partial charge in [0.05, 0.1) is 12.6 Å². The van der Waals surface area contributed by atoms with Crippen molar-refractivity contribution in [1.29, 1.82) is 0 Å². The number of ether oxygens (including phenoxy) is 1. The molecule has 2 aromatic carbocycles. The summed E-state index contributed by atoms with van der Waals surface area (Å²) in [4.78, 5) is 2.44. The van der Waals surface area contributed by atoms with Gasteiger partial charge in [0.2, 0.25) is 0 Å². The number of benzene rings is 2. The molecule has 1 N–H and O–H groups in total. The first-order valence-electron chi connectivity index (χ1n) is 8.21. The average Bonchev–Trinajstić information content (AvgIpc) is 2.59. The SMILES string of the molecule is CCOc1cccc(C(c2ccc(F)cc2)N2CCNCC2)c1. The zero-order chi connectivity index (χ0) is 16.1. The molecule has 1 fully saturated rings. The van der Waals surface area contributed by atoms with E-state index in [-0.39, 0.29) is 11.9 Å². The molecule has 122 valence electrons. The van der Waals surface area contributed by atoms with E-state index < -0.39 is 0 Å². The van der Waals surface area contributed by atoms with E-state index in [9.17, 15) is 4.39 Å². The van der Waals surface area contributed by atoms with Crippen molar-refractivity contribution in [3.63, 3.8) is 0 Å². The number of nitrogens with one attached hydrogen (secondary N) is 1. The molecule has 3 nitrogen and oxygen atoms in total. The molecule has 0 bridgehead atoms. The first-order chi connectivity index (χ1) is 11.3. The molecule has 0 radical (unpaired) electrons. The highest BCUT2D eigenvalue weighted by Gasteiger charge is 2.24. The van der Waals surface area contributed by atoms with Crippen molar-refractivity contribution in [3.8, 4) is 5.75 Å². The van der Waals surface area contributed by atoms with Crippen molar-refractivity contribution in [1.82, 2.24) is 10.2 Å². The Morgan fingerprint density at radius 3 is 2.52 bits per heavy atom. The maximum atomic E-state index is 13.3. The summed E-state index contributed by atoms with van der Waals surface area (Å²) in [5, 5.41) is 3.39. The van der Waals surface area contributed by atoms with Gasteiger partial charge in [-0.15, -0.1) is 0 Å². The van der Waals surface area contributed by atoms with Crippen molar-refractivity contribution >= 4 is 0 Å². The summed E-state index contributed by atoms with van der Waals surface area (Å²) in [6.45, 7) is 6.53. The summed E-state index contributed by atoms with van der Waals surface area (Å²) in [6, 6.07) is 15.2. The van der Waals surface area contributed by atoms with Crippen LogP contribution in [-0.2, 0) is 0 Å². The predicted octanol–water partition coefficient (Wildman–Crippen LogP) is 3.22. The Labute approximate surface area is 137 Å². The molecule has 0 aliphatic carbocycles. The third kappa shape index (κ3) is 3.89. The van der Waals surface area contributed by atoms with E-state index in [1.54, 1.807) is 0 Å². The first-order valence-corrected chi connectivity index (χ1v) is 8.21. The summed E-state index contributed by atoms with van der Waals surface area (Å²) in [5.41, 5.74) is 2.30. The van der Waals surface area contributed by atoms with Gasteiger partial charge < -0.3 is 10.1 Å². The fraction of sp³-hybridized carbons (Fsp3) is 0.368. The molecular weight excluding hydrogens is 291 g/mol. The zero-order valence-corrected chi connectivity index (χ0v) is 13.5. The monoisotopic (exact) mass is 314 g/mol. The molecule has 1 saturated heterocycles. The van der Waals surface area contributed by atoms with E-state index in [0.717, 1.165) is 37.5 Å². The highest BCUT2D eigenvalue weighted by molar-refractivity contribution is 5.37. The Bertz CT molecular complexity index is 624. The minimum atomic E-state index is -0.198. The van der Waals surface area contributed by atoms with Crippen LogP contribution in [0.5, 0.6) is 5.75 Å². The lowest BCUT2D eigenvalue weighted by molar-refractivity contribution is 0.198. The summed E-state index contributed by atoms with van der Waals surface area (Å²) < 4.78 is 19.0. The maximum absolute atomic E-state index is 13.3. The molecule has 23 heavy (non-hydrogen) atoms. The molecule has 0 spiro atoms. The summed E-state index contributed by atoms with van der Waals surface area (Å²) in [5.74, 6) is 0.683. The van der Waals surface area contributed by atoms with Crippen molar-refractivity contribution in [2.24, 2.45) is 0 Å². The van der Waals surface area contributed by atoms with Gasteiger partial charge in [0, 0.05) is 26.2 Å². The highest BCUT2D eigenvalue weighted by Crippen LogP contribution is 2.31. The Balaban J connectivity index is 1.96. The third-order valence-electron chi connectivity index (χ3n) is 4.19. The summed E-state index contributed by atoms with van der Waals surface area (Å²) in [7, 11) is 0. The van der Waals surface area contributed by atoms with Crippen molar-refractivity contribution in [2.45, 2.75) is 13.0 Å². The molecule has 0 aromatic heterocycles. The zero-order valence-electron chi connectivity index (χ0n) is 13.5. The lowest BCUT2D eigenvalue weighted by Crippen LogP contribution is -2.45. The second-order valence-corrected chi connectivity index (χ2v) is 5.75. The molecule has 4 heteroatoms. The van der Waals surface area contributed by atoms with Gasteiger partial charge in [-0.25, -0.2) is 4.39 Å². The van der Waals surface area contributed by atoms with E-state index in [4.69, 9.17) is 4.74 Å². The molecule has 1 aliphatic rings. The van der Waals surface area contributed by atoms with Gasteiger partial charge >= 0.3 is 0 Å². The Hall–Kier alpha value is -1.91. The Morgan fingerprint density at radius 1 is 1.09 bits per heavy atom. The van der Waals surface area contributed by atoms with Crippen LogP contribution in [0, 0.1) is 5.82 Å². The lowest BCUT2D eigenvalue weighted by Gasteiger charge is -2.35. The van der Waals surface area contributed by atoms with Crippen LogP contribution in [0.2, 0.25) is 0 Å². The number of hydrogen-bond donors (Lipinski definition) is 1. The second kappa shape index (κ2) is 7.57. The van der Waals surface area contributed by atoms with Gasteiger partial charge in [-0.2, -0.15) is 0 Å². The van der Waals surface area contributed by atoms with E-state index >= 15 is 0 Å². The molecule has 1 aliphatic heterocycles. The first kappa shape index (κ1) is 16.0. The van der Waals surface area contributed by atoms with Gasteiger partial charge in [0.15, 0.2) is 0 Å². The summed E-state index contributed by atoms with van der Waals surface area (Å²) >= 11 is 0. The Kier molecular flexibility index (Phi) is 5.26. The van der Waals surface area contributed by atoms with E-state index in [1.807, 2.05) is 31.2 Å². The van der Waals surface area contributed by atoms with Crippen LogP contribution in [0.3, 0.4) is 0 Å². The predicted molar refractivity (Wildman–Crippen MR) is 90.3 cm³/mol. The molecule has 2 aromatic rings. The fourth-order valence-corrected chi connectivity index (χ4v) is 3.14. The number of rotatable bonds is 5. The molecule has 0 saturated carbocycles. The molecule has 0 amide bonds. The highest BCUT2D eigenvalue weighted by atomic mass is 19.1. The van der Waals surface area contributed by atoms with Crippen LogP contribution in [0.4, 0.5) is 4.39 Å². The maximum Gasteiger partial charge on any atom is 0.123 e. The quantitative estimate of drug-likeness (QED) is 0.917. The van der Waals surface area contributed by atoms with Crippen LogP contribution in [0.15, 0.2) is 48.5 Å². The molecular formula is C19H23FN2O. The van der Waals surface area contributed by atoms with Crippen LogP contribution >= 0.6 is 0 Å². The second-order valence-electron chi connectivity index (χ2n) is 5.75. The van der Waals surface area contributed by atoms with Crippen LogP contribution in [0.25, 0.3) is 0 Å². The van der Waals surface area contributed by atoms with E-state index in [2.05, 4.69) is 22.3 Å². The van der Waals surface area contributed by atoms with Gasteiger partial charge in [0.25, 0.3) is 0 Å². The van der Waals surface area contributed by atoms with Gasteiger partial charge in [-0.05, 0) is 42.3 Å². The molecule has 1 heterocycles.